The number of benzene rings is 2. The van der Waals surface area contributed by atoms with Crippen LogP contribution < -0.4 is 15.2 Å². The molecule has 0 radical (unpaired) electrons. The van der Waals surface area contributed by atoms with Crippen molar-refractivity contribution < 1.29 is 19.5 Å². The Morgan fingerprint density at radius 1 is 0.976 bits per heavy atom. The highest BCUT2D eigenvalue weighted by molar-refractivity contribution is 6.40. The van der Waals surface area contributed by atoms with Crippen LogP contribution in [-0.2, 0) is 15.6 Å². The number of hydroxylamine groups is 1. The van der Waals surface area contributed by atoms with Crippen molar-refractivity contribution in [3.05, 3.63) is 75.4 Å². The second kappa shape index (κ2) is 13.1. The number of halogens is 2. The molecule has 1 aromatic heterocycles. The molecule has 1 heterocycles. The summed E-state index contributed by atoms with van der Waals surface area (Å²) in [6, 6.07) is 12.1. The number of carbonyl (C=O) groups is 2. The average Bonchev–Trinajstić information content (AvgIpc) is 2.92. The SMILES string of the molecule is CCCC(=O)N(Oc1ccc(C(C)(C)CC)cc1C(C)(C)CC)c1cnc(NC(=O)c2c(Cl)cccc2Cl)c(O)c1. The maximum absolute atomic E-state index is 13.3. The molecule has 0 bridgehead atoms. The second-order valence-corrected chi connectivity index (χ2v) is 12.1. The highest BCUT2D eigenvalue weighted by Gasteiger charge is 2.29. The molecule has 3 rings (SSSR count). The third kappa shape index (κ3) is 7.32. The number of nitrogens with zero attached hydrogens (tertiary/aromatic N) is 2. The molecule has 0 saturated carbocycles. The molecule has 0 unspecified atom stereocenters. The molecule has 3 aromatic rings. The number of hydrogen-bond acceptors (Lipinski definition) is 5. The largest absolute Gasteiger partial charge is 0.504 e. The molecular weight excluding hydrogens is 561 g/mol. The quantitative estimate of drug-likeness (QED) is 0.215. The first kappa shape index (κ1) is 32.2. The van der Waals surface area contributed by atoms with Crippen molar-refractivity contribution in [2.75, 3.05) is 10.4 Å². The molecule has 0 saturated heterocycles. The number of aromatic nitrogens is 1. The van der Waals surface area contributed by atoms with Crippen molar-refractivity contribution >= 4 is 46.5 Å². The van der Waals surface area contributed by atoms with Gasteiger partial charge in [0.05, 0.1) is 21.8 Å². The Kier molecular flexibility index (Phi) is 10.3. The maximum atomic E-state index is 13.3. The fourth-order valence-electron chi connectivity index (χ4n) is 4.15. The van der Waals surface area contributed by atoms with E-state index in [-0.39, 0.29) is 56.0 Å². The van der Waals surface area contributed by atoms with E-state index in [4.69, 9.17) is 28.0 Å². The van der Waals surface area contributed by atoms with Crippen molar-refractivity contribution in [2.24, 2.45) is 0 Å². The van der Waals surface area contributed by atoms with Crippen LogP contribution in [0.1, 0.15) is 95.6 Å². The number of nitrogens with one attached hydrogen (secondary N) is 1. The van der Waals surface area contributed by atoms with Gasteiger partial charge in [-0.15, -0.1) is 5.06 Å². The van der Waals surface area contributed by atoms with Crippen LogP contribution in [0.4, 0.5) is 11.5 Å². The van der Waals surface area contributed by atoms with Gasteiger partial charge in [-0.2, -0.15) is 0 Å². The monoisotopic (exact) mass is 599 g/mol. The van der Waals surface area contributed by atoms with E-state index < -0.39 is 5.91 Å². The Labute approximate surface area is 252 Å². The van der Waals surface area contributed by atoms with Crippen LogP contribution in [0.15, 0.2) is 48.7 Å². The predicted molar refractivity (Wildman–Crippen MR) is 166 cm³/mol. The van der Waals surface area contributed by atoms with Crippen LogP contribution in [0.25, 0.3) is 0 Å². The van der Waals surface area contributed by atoms with Gasteiger partial charge in [0.1, 0.15) is 5.69 Å². The van der Waals surface area contributed by atoms with E-state index in [2.05, 4.69) is 57.9 Å². The molecule has 220 valence electrons. The van der Waals surface area contributed by atoms with E-state index in [1.54, 1.807) is 6.07 Å². The minimum absolute atomic E-state index is 0.0288. The van der Waals surface area contributed by atoms with E-state index >= 15 is 0 Å². The number of pyridine rings is 1. The van der Waals surface area contributed by atoms with Gasteiger partial charge in [0.25, 0.3) is 11.8 Å². The molecule has 9 heteroatoms. The summed E-state index contributed by atoms with van der Waals surface area (Å²) < 4.78 is 0. The van der Waals surface area contributed by atoms with Gasteiger partial charge >= 0.3 is 0 Å². The van der Waals surface area contributed by atoms with Crippen LogP contribution in [0, 0.1) is 0 Å². The van der Waals surface area contributed by atoms with Crippen LogP contribution in [-0.4, -0.2) is 21.9 Å². The molecule has 2 aromatic carbocycles. The predicted octanol–water partition coefficient (Wildman–Crippen LogP) is 8.85. The van der Waals surface area contributed by atoms with Gasteiger partial charge in [-0.25, -0.2) is 4.98 Å². The Morgan fingerprint density at radius 3 is 2.17 bits per heavy atom. The van der Waals surface area contributed by atoms with Crippen LogP contribution >= 0.6 is 23.2 Å². The Bertz CT molecular complexity index is 1400. The molecule has 2 N–H and O–H groups in total. The molecule has 7 nitrogen and oxygen atoms in total. The molecule has 0 aliphatic carbocycles. The molecule has 0 aliphatic rings. The summed E-state index contributed by atoms with van der Waals surface area (Å²) in [5, 5.41) is 14.8. The topological polar surface area (TPSA) is 91.8 Å². The van der Waals surface area contributed by atoms with Crippen LogP contribution in [0.2, 0.25) is 10.0 Å². The van der Waals surface area contributed by atoms with Crippen molar-refractivity contribution in [1.29, 1.82) is 0 Å². The van der Waals surface area contributed by atoms with Crippen molar-refractivity contribution in [2.45, 2.75) is 85.0 Å². The van der Waals surface area contributed by atoms with Crippen LogP contribution in [0.5, 0.6) is 11.5 Å². The van der Waals surface area contributed by atoms with Gasteiger partial charge in [-0.1, -0.05) is 89.9 Å². The highest BCUT2D eigenvalue weighted by atomic mass is 35.5. The van der Waals surface area contributed by atoms with E-state index in [1.165, 1.54) is 30.0 Å². The average molecular weight is 601 g/mol. The fraction of sp³-hybridized carbons (Fsp3) is 0.406. The van der Waals surface area contributed by atoms with Gasteiger partial charge < -0.3 is 15.3 Å². The number of anilines is 2. The lowest BCUT2D eigenvalue weighted by Crippen LogP contribution is -2.35. The number of hydrogen-bond donors (Lipinski definition) is 2. The highest BCUT2D eigenvalue weighted by Crippen LogP contribution is 2.39. The molecule has 2 amide bonds. The fourth-order valence-corrected chi connectivity index (χ4v) is 4.72. The molecule has 0 atom stereocenters. The smallest absolute Gasteiger partial charge is 0.260 e. The zero-order valence-corrected chi connectivity index (χ0v) is 26.3. The number of carbonyl (C=O) groups excluding carboxylic acids is 2. The van der Waals surface area contributed by atoms with Gasteiger partial charge in [0, 0.05) is 18.1 Å². The summed E-state index contributed by atoms with van der Waals surface area (Å²) >= 11 is 12.3. The maximum Gasteiger partial charge on any atom is 0.260 e. The molecule has 41 heavy (non-hydrogen) atoms. The first-order chi connectivity index (χ1) is 19.2. The lowest BCUT2D eigenvalue weighted by atomic mass is 9.76. The van der Waals surface area contributed by atoms with Gasteiger partial charge in [0.2, 0.25) is 0 Å². The molecular formula is C32H39Cl2N3O4. The minimum atomic E-state index is -0.632. The third-order valence-electron chi connectivity index (χ3n) is 7.65. The summed E-state index contributed by atoms with van der Waals surface area (Å²) in [5.74, 6) is -0.857. The Morgan fingerprint density at radius 2 is 1.61 bits per heavy atom. The summed E-state index contributed by atoms with van der Waals surface area (Å²) in [5.41, 5.74) is 2.18. The Balaban J connectivity index is 2.01. The minimum Gasteiger partial charge on any atom is -0.504 e. The lowest BCUT2D eigenvalue weighted by Gasteiger charge is -2.32. The third-order valence-corrected chi connectivity index (χ3v) is 8.28. The molecule has 0 fully saturated rings. The zero-order valence-electron chi connectivity index (χ0n) is 24.8. The zero-order chi connectivity index (χ0) is 30.5. The van der Waals surface area contributed by atoms with Crippen molar-refractivity contribution in [1.82, 2.24) is 4.98 Å². The van der Waals surface area contributed by atoms with Crippen LogP contribution in [0.3, 0.4) is 0 Å². The van der Waals surface area contributed by atoms with Gasteiger partial charge in [-0.3, -0.25) is 9.59 Å². The number of rotatable bonds is 11. The van der Waals surface area contributed by atoms with Gasteiger partial charge in [0.15, 0.2) is 17.3 Å². The van der Waals surface area contributed by atoms with E-state index in [9.17, 15) is 14.7 Å². The first-order valence-corrected chi connectivity index (χ1v) is 14.6. The second-order valence-electron chi connectivity index (χ2n) is 11.3. The first-order valence-electron chi connectivity index (χ1n) is 13.9. The summed E-state index contributed by atoms with van der Waals surface area (Å²) in [6.07, 6.45) is 4.00. The van der Waals surface area contributed by atoms with Gasteiger partial charge in [-0.05, 0) is 53.9 Å². The lowest BCUT2D eigenvalue weighted by molar-refractivity contribution is -0.122. The van der Waals surface area contributed by atoms with E-state index in [1.807, 2.05) is 19.1 Å². The Hall–Kier alpha value is -3.29. The normalized spacial score (nSPS) is 11.7. The number of amides is 2. The standard InChI is InChI=1S/C32H39Cl2N3O4/c1-8-12-27(39)37(41-26-16-15-20(31(4,5)9-2)17-22(26)32(6,7)10-3)21-18-25(38)29(35-19-21)36-30(40)28-23(33)13-11-14-24(28)34/h11,13-19,38H,8-10,12H2,1-7H3,(H,35,36,40). The van der Waals surface area contributed by atoms with Crippen molar-refractivity contribution in [3.63, 3.8) is 0 Å². The van der Waals surface area contributed by atoms with E-state index in [0.717, 1.165) is 23.5 Å². The number of aromatic hydroxyl groups is 1. The summed E-state index contributed by atoms with van der Waals surface area (Å²) in [7, 11) is 0. The molecule has 0 spiro atoms. The summed E-state index contributed by atoms with van der Waals surface area (Å²) in [6.45, 7) is 14.9. The van der Waals surface area contributed by atoms with Crippen molar-refractivity contribution in [3.8, 4) is 11.5 Å². The van der Waals surface area contributed by atoms with E-state index in [0.29, 0.717) is 12.2 Å². The molecule has 0 aliphatic heterocycles. The summed E-state index contributed by atoms with van der Waals surface area (Å²) in [4.78, 5) is 36.6.